The van der Waals surface area contributed by atoms with Crippen molar-refractivity contribution in [3.05, 3.63) is 64.9 Å². The lowest BCUT2D eigenvalue weighted by Gasteiger charge is -2.35. The second-order valence-corrected chi connectivity index (χ2v) is 10.4. The molecule has 6 nitrogen and oxygen atoms in total. The number of halogens is 2. The van der Waals surface area contributed by atoms with Gasteiger partial charge in [-0.25, -0.2) is 12.8 Å². The van der Waals surface area contributed by atoms with Crippen LogP contribution in [-0.2, 0) is 14.8 Å². The molecule has 0 spiro atoms. The Labute approximate surface area is 192 Å². The molecule has 1 saturated heterocycles. The van der Waals surface area contributed by atoms with E-state index in [-0.39, 0.29) is 40.6 Å². The van der Waals surface area contributed by atoms with E-state index in [0.717, 1.165) is 29.7 Å². The third-order valence-electron chi connectivity index (χ3n) is 6.09. The van der Waals surface area contributed by atoms with Gasteiger partial charge in [0.15, 0.2) is 0 Å². The monoisotopic (exact) mass is 478 g/mol. The first kappa shape index (κ1) is 22.8. The second kappa shape index (κ2) is 9.21. The third-order valence-corrected chi connectivity index (χ3v) is 8.28. The molecule has 0 radical (unpaired) electrons. The van der Waals surface area contributed by atoms with E-state index < -0.39 is 15.8 Å². The summed E-state index contributed by atoms with van der Waals surface area (Å²) in [5, 5.41) is 9.20. The van der Waals surface area contributed by atoms with Crippen LogP contribution in [0, 0.1) is 11.7 Å². The molecule has 9 heteroatoms. The number of benzene rings is 2. The highest BCUT2D eigenvalue weighted by atomic mass is 35.5. The molecule has 2 heterocycles. The summed E-state index contributed by atoms with van der Waals surface area (Å²) in [5.41, 5.74) is 2.18. The van der Waals surface area contributed by atoms with Gasteiger partial charge in [0.25, 0.3) is 0 Å². The molecule has 2 aliphatic rings. The number of sulfonamides is 1. The highest BCUT2D eigenvalue weighted by Gasteiger charge is 2.34. The molecule has 0 aromatic heterocycles. The maximum Gasteiger partial charge on any atom is 0.243 e. The van der Waals surface area contributed by atoms with Gasteiger partial charge in [-0.15, -0.1) is 0 Å². The summed E-state index contributed by atoms with van der Waals surface area (Å²) in [5.74, 6) is -0.619. The first-order chi connectivity index (χ1) is 15.3. The van der Waals surface area contributed by atoms with E-state index in [1.54, 1.807) is 12.1 Å². The summed E-state index contributed by atoms with van der Waals surface area (Å²) in [4.78, 5) is 14.8. The molecule has 0 unspecified atom stereocenters. The SMILES string of the molecule is O=C(C1CCN(S(=O)(=O)c2ccc(F)c(Cl)c2)CC1)N1CC=C(c2ccc(O)cc2)CC1. The molecule has 1 fully saturated rings. The van der Waals surface area contributed by atoms with Crippen molar-refractivity contribution in [2.75, 3.05) is 26.2 Å². The number of piperidine rings is 1. The number of hydrogen-bond donors (Lipinski definition) is 1. The van der Waals surface area contributed by atoms with Crippen molar-refractivity contribution in [1.29, 1.82) is 0 Å². The van der Waals surface area contributed by atoms with E-state index >= 15 is 0 Å². The molecule has 170 valence electrons. The number of rotatable bonds is 4. The molecule has 0 aliphatic carbocycles. The van der Waals surface area contributed by atoms with Gasteiger partial charge in [0.2, 0.25) is 15.9 Å². The van der Waals surface area contributed by atoms with Gasteiger partial charge in [-0.05, 0) is 60.7 Å². The Hall–Kier alpha value is -2.42. The molecule has 2 aromatic rings. The number of nitrogens with zero attached hydrogens (tertiary/aromatic N) is 2. The molecule has 4 rings (SSSR count). The number of phenols is 1. The lowest BCUT2D eigenvalue weighted by molar-refractivity contribution is -0.136. The molecule has 2 aliphatic heterocycles. The Morgan fingerprint density at radius 2 is 1.75 bits per heavy atom. The minimum atomic E-state index is -3.79. The Balaban J connectivity index is 1.35. The molecule has 2 aromatic carbocycles. The Morgan fingerprint density at radius 3 is 2.34 bits per heavy atom. The summed E-state index contributed by atoms with van der Waals surface area (Å²) in [6, 6.07) is 10.4. The fourth-order valence-corrected chi connectivity index (χ4v) is 5.94. The number of carbonyl (C=O) groups excluding carboxylic acids is 1. The fourth-order valence-electron chi connectivity index (χ4n) is 4.19. The first-order valence-corrected chi connectivity index (χ1v) is 12.3. The van der Waals surface area contributed by atoms with Crippen LogP contribution in [0.3, 0.4) is 0 Å². The highest BCUT2D eigenvalue weighted by Crippen LogP contribution is 2.29. The third kappa shape index (κ3) is 4.67. The van der Waals surface area contributed by atoms with Crippen LogP contribution in [0.5, 0.6) is 5.75 Å². The summed E-state index contributed by atoms with van der Waals surface area (Å²) in [6.45, 7) is 1.59. The predicted octanol–water partition coefficient (Wildman–Crippen LogP) is 3.90. The predicted molar refractivity (Wildman–Crippen MR) is 120 cm³/mol. The highest BCUT2D eigenvalue weighted by molar-refractivity contribution is 7.89. The van der Waals surface area contributed by atoms with E-state index in [9.17, 15) is 22.7 Å². The average Bonchev–Trinajstić information content (AvgIpc) is 2.81. The van der Waals surface area contributed by atoms with Gasteiger partial charge in [0, 0.05) is 32.1 Å². The molecule has 0 bridgehead atoms. The van der Waals surface area contributed by atoms with Crippen molar-refractivity contribution in [2.24, 2.45) is 5.92 Å². The minimum absolute atomic E-state index is 0.0448. The fraction of sp³-hybridized carbons (Fsp3) is 0.348. The van der Waals surface area contributed by atoms with Crippen molar-refractivity contribution >= 4 is 33.1 Å². The lowest BCUT2D eigenvalue weighted by Crippen LogP contribution is -2.45. The van der Waals surface area contributed by atoms with Crippen LogP contribution in [0.1, 0.15) is 24.8 Å². The molecule has 1 N–H and O–H groups in total. The van der Waals surface area contributed by atoms with Crippen LogP contribution in [0.2, 0.25) is 5.02 Å². The maximum absolute atomic E-state index is 13.4. The summed E-state index contributed by atoms with van der Waals surface area (Å²) in [7, 11) is -3.79. The minimum Gasteiger partial charge on any atom is -0.508 e. The van der Waals surface area contributed by atoms with Gasteiger partial charge >= 0.3 is 0 Å². The normalized spacial score (nSPS) is 18.4. The van der Waals surface area contributed by atoms with Gasteiger partial charge in [0.05, 0.1) is 9.92 Å². The van der Waals surface area contributed by atoms with Crippen LogP contribution in [0.15, 0.2) is 53.4 Å². The van der Waals surface area contributed by atoms with Crippen LogP contribution in [0.4, 0.5) is 4.39 Å². The quantitative estimate of drug-likeness (QED) is 0.723. The van der Waals surface area contributed by atoms with Crippen LogP contribution < -0.4 is 0 Å². The summed E-state index contributed by atoms with van der Waals surface area (Å²) in [6.07, 6.45) is 3.65. The number of carbonyl (C=O) groups is 1. The average molecular weight is 479 g/mol. The summed E-state index contributed by atoms with van der Waals surface area (Å²) < 4.78 is 40.4. The standard InChI is InChI=1S/C23H24ClFN2O4S/c24-21-15-20(5-6-22(21)25)32(30,31)27-13-9-18(10-14-27)23(29)26-11-7-17(8-12-26)16-1-3-19(28)4-2-16/h1-7,15,18,28H,8-14H2. The Morgan fingerprint density at radius 1 is 1.06 bits per heavy atom. The number of aromatic hydroxyl groups is 1. The smallest absolute Gasteiger partial charge is 0.243 e. The number of hydrogen-bond acceptors (Lipinski definition) is 4. The van der Waals surface area contributed by atoms with Crippen molar-refractivity contribution in [3.63, 3.8) is 0 Å². The van der Waals surface area contributed by atoms with Crippen molar-refractivity contribution in [2.45, 2.75) is 24.2 Å². The van der Waals surface area contributed by atoms with Gasteiger partial charge in [0.1, 0.15) is 11.6 Å². The molecule has 1 amide bonds. The largest absolute Gasteiger partial charge is 0.508 e. The number of phenolic OH excluding ortho intramolecular Hbond substituents is 1. The van der Waals surface area contributed by atoms with Crippen molar-refractivity contribution in [1.82, 2.24) is 9.21 Å². The van der Waals surface area contributed by atoms with Gasteiger partial charge in [-0.2, -0.15) is 4.31 Å². The number of amides is 1. The second-order valence-electron chi connectivity index (χ2n) is 8.06. The zero-order valence-corrected chi connectivity index (χ0v) is 18.9. The maximum atomic E-state index is 13.4. The van der Waals surface area contributed by atoms with Gasteiger partial charge < -0.3 is 10.0 Å². The summed E-state index contributed by atoms with van der Waals surface area (Å²) >= 11 is 5.74. The molecule has 0 saturated carbocycles. The van der Waals surface area contributed by atoms with E-state index in [2.05, 4.69) is 0 Å². The zero-order chi connectivity index (χ0) is 22.9. The van der Waals surface area contributed by atoms with Crippen LogP contribution in [-0.4, -0.2) is 54.8 Å². The Bertz CT molecular complexity index is 1140. The van der Waals surface area contributed by atoms with E-state index in [0.29, 0.717) is 25.9 Å². The zero-order valence-electron chi connectivity index (χ0n) is 17.4. The van der Waals surface area contributed by atoms with Gasteiger partial charge in [-0.3, -0.25) is 4.79 Å². The molecule has 32 heavy (non-hydrogen) atoms. The van der Waals surface area contributed by atoms with E-state index in [4.69, 9.17) is 11.6 Å². The van der Waals surface area contributed by atoms with E-state index in [1.807, 2.05) is 23.1 Å². The topological polar surface area (TPSA) is 77.9 Å². The molecule has 0 atom stereocenters. The van der Waals surface area contributed by atoms with Crippen molar-refractivity contribution in [3.8, 4) is 5.75 Å². The van der Waals surface area contributed by atoms with E-state index in [1.165, 1.54) is 10.4 Å². The molecular formula is C23H24ClFN2O4S. The van der Waals surface area contributed by atoms with Gasteiger partial charge in [-0.1, -0.05) is 29.8 Å². The molecular weight excluding hydrogens is 455 g/mol. The first-order valence-electron chi connectivity index (χ1n) is 10.5. The van der Waals surface area contributed by atoms with Crippen molar-refractivity contribution < 1.29 is 22.7 Å². The Kier molecular flexibility index (Phi) is 6.55. The lowest BCUT2D eigenvalue weighted by atomic mass is 9.94. The van der Waals surface area contributed by atoms with Crippen LogP contribution >= 0.6 is 11.6 Å². The van der Waals surface area contributed by atoms with Crippen LogP contribution in [0.25, 0.3) is 5.57 Å².